The third kappa shape index (κ3) is 2.89. The molecule has 0 radical (unpaired) electrons. The number of carbonyl (C=O) groups is 1. The number of nitrogens with one attached hydrogen (secondary N) is 1. The maximum absolute atomic E-state index is 12.6. The van der Waals surface area contributed by atoms with Crippen molar-refractivity contribution in [3.05, 3.63) is 18.1 Å². The number of tetrazole rings is 1. The normalized spacial score (nSPS) is 24.3. The largest absolute Gasteiger partial charge is 0.396 e. The topological polar surface area (TPSA) is 133 Å². The van der Waals surface area contributed by atoms with Gasteiger partial charge in [0, 0.05) is 24.6 Å². The van der Waals surface area contributed by atoms with Crippen molar-refractivity contribution in [1.82, 2.24) is 35.3 Å². The molecule has 1 aliphatic heterocycles. The Balaban J connectivity index is 1.71. The van der Waals surface area contributed by atoms with E-state index in [1.165, 1.54) is 11.0 Å². The number of β-amino-alcohol motifs (C(OH)–C–C–N with tert-alkyl or cyclic N) is 1. The molecule has 0 aromatic carbocycles. The molecule has 0 spiro atoms. The van der Waals surface area contributed by atoms with Crippen LogP contribution in [0.25, 0.3) is 5.82 Å². The van der Waals surface area contributed by atoms with Gasteiger partial charge < -0.3 is 15.1 Å². The number of piperidine rings is 1. The van der Waals surface area contributed by atoms with E-state index >= 15 is 0 Å². The number of H-pyrrole nitrogens is 1. The second kappa shape index (κ2) is 6.65. The van der Waals surface area contributed by atoms with Gasteiger partial charge in [-0.3, -0.25) is 9.89 Å². The molecule has 3 N–H and O–H groups in total. The lowest BCUT2D eigenvalue weighted by molar-refractivity contribution is -0.0714. The van der Waals surface area contributed by atoms with Crippen LogP contribution in [0.1, 0.15) is 36.7 Å². The standard InChI is InChI=1S/C14H21N7O3/c1-2-3-14(8-22)4-5-20(7-11(14)23)13(24)10-6-12(17-16-10)21-9-15-18-19-21/h6,9,11,22-23H,2-5,7-8H2,1H3,(H,16,17)/t11-,14-/m1/s1. The quantitative estimate of drug-likeness (QED) is 0.662. The van der Waals surface area contributed by atoms with Crippen molar-refractivity contribution in [2.24, 2.45) is 5.41 Å². The number of amides is 1. The van der Waals surface area contributed by atoms with Crippen LogP contribution in [-0.4, -0.2) is 77.2 Å². The fourth-order valence-corrected chi connectivity index (χ4v) is 3.23. The summed E-state index contributed by atoms with van der Waals surface area (Å²) >= 11 is 0. The van der Waals surface area contributed by atoms with E-state index in [1.807, 2.05) is 6.92 Å². The third-order valence-corrected chi connectivity index (χ3v) is 4.71. The van der Waals surface area contributed by atoms with E-state index < -0.39 is 11.5 Å². The van der Waals surface area contributed by atoms with Gasteiger partial charge in [-0.2, -0.15) is 9.78 Å². The monoisotopic (exact) mass is 335 g/mol. The summed E-state index contributed by atoms with van der Waals surface area (Å²) in [5, 5.41) is 37.6. The second-order valence-electron chi connectivity index (χ2n) is 6.18. The number of aromatic nitrogens is 6. The molecular formula is C14H21N7O3. The van der Waals surface area contributed by atoms with Gasteiger partial charge in [0.1, 0.15) is 12.0 Å². The first-order chi connectivity index (χ1) is 11.6. The maximum Gasteiger partial charge on any atom is 0.272 e. The van der Waals surface area contributed by atoms with Crippen molar-refractivity contribution in [3.8, 4) is 5.82 Å². The molecule has 3 rings (SSSR count). The lowest BCUT2D eigenvalue weighted by Crippen LogP contribution is -2.54. The van der Waals surface area contributed by atoms with Crippen LogP contribution in [0.4, 0.5) is 0 Å². The first-order valence-electron chi connectivity index (χ1n) is 7.96. The van der Waals surface area contributed by atoms with Gasteiger partial charge in [-0.05, 0) is 23.3 Å². The van der Waals surface area contributed by atoms with Crippen molar-refractivity contribution in [1.29, 1.82) is 0 Å². The van der Waals surface area contributed by atoms with Crippen molar-refractivity contribution < 1.29 is 15.0 Å². The number of rotatable bonds is 5. The zero-order valence-corrected chi connectivity index (χ0v) is 13.5. The Morgan fingerprint density at radius 1 is 1.54 bits per heavy atom. The maximum atomic E-state index is 12.6. The molecule has 130 valence electrons. The number of nitrogens with zero attached hydrogens (tertiary/aromatic N) is 6. The Morgan fingerprint density at radius 2 is 2.38 bits per heavy atom. The Labute approximate surface area is 138 Å². The molecule has 0 saturated carbocycles. The Kier molecular flexibility index (Phi) is 4.58. The van der Waals surface area contributed by atoms with Gasteiger partial charge in [-0.15, -0.1) is 5.10 Å². The van der Waals surface area contributed by atoms with Crippen LogP contribution >= 0.6 is 0 Å². The third-order valence-electron chi connectivity index (χ3n) is 4.71. The number of hydrogen-bond donors (Lipinski definition) is 3. The summed E-state index contributed by atoms with van der Waals surface area (Å²) in [6.07, 6.45) is 2.82. The van der Waals surface area contributed by atoms with Crippen LogP contribution in [0.2, 0.25) is 0 Å². The highest BCUT2D eigenvalue weighted by Crippen LogP contribution is 2.36. The molecule has 2 aromatic rings. The van der Waals surface area contributed by atoms with E-state index in [2.05, 4.69) is 25.7 Å². The number of aromatic amines is 1. The van der Waals surface area contributed by atoms with Gasteiger partial charge in [0.05, 0.1) is 12.7 Å². The van der Waals surface area contributed by atoms with Gasteiger partial charge in [0.25, 0.3) is 5.91 Å². The first-order valence-corrected chi connectivity index (χ1v) is 7.96. The highest BCUT2D eigenvalue weighted by atomic mass is 16.3. The zero-order chi connectivity index (χ0) is 17.2. The molecule has 2 aromatic heterocycles. The SMILES string of the molecule is CCC[C@]1(CO)CCN(C(=O)c2cc(-n3cnnn3)n[nH]2)C[C@H]1O. The molecule has 1 saturated heterocycles. The van der Waals surface area contributed by atoms with Gasteiger partial charge in [-0.1, -0.05) is 13.3 Å². The summed E-state index contributed by atoms with van der Waals surface area (Å²) in [5.41, 5.74) is -0.212. The Morgan fingerprint density at radius 3 is 3.00 bits per heavy atom. The fraction of sp³-hybridized carbons (Fsp3) is 0.643. The Bertz CT molecular complexity index is 686. The van der Waals surface area contributed by atoms with Crippen molar-refractivity contribution in [2.45, 2.75) is 32.3 Å². The number of carbonyl (C=O) groups excluding carboxylic acids is 1. The summed E-state index contributed by atoms with van der Waals surface area (Å²) in [6.45, 7) is 2.62. The average Bonchev–Trinajstić information content (AvgIpc) is 3.27. The van der Waals surface area contributed by atoms with E-state index in [0.717, 1.165) is 12.8 Å². The molecule has 0 aliphatic carbocycles. The van der Waals surface area contributed by atoms with Crippen LogP contribution in [0.5, 0.6) is 0 Å². The van der Waals surface area contributed by atoms with E-state index in [1.54, 1.807) is 11.0 Å². The van der Waals surface area contributed by atoms with Gasteiger partial charge in [0.15, 0.2) is 5.82 Å². The molecule has 2 atom stereocenters. The summed E-state index contributed by atoms with van der Waals surface area (Å²) in [5.74, 6) is 0.167. The highest BCUT2D eigenvalue weighted by molar-refractivity contribution is 5.92. The second-order valence-corrected chi connectivity index (χ2v) is 6.18. The van der Waals surface area contributed by atoms with E-state index in [-0.39, 0.29) is 19.1 Å². The Hall–Kier alpha value is -2.33. The van der Waals surface area contributed by atoms with Crippen LogP contribution < -0.4 is 0 Å². The fourth-order valence-electron chi connectivity index (χ4n) is 3.23. The predicted octanol–water partition coefficient (Wildman–Crippen LogP) is -0.629. The lowest BCUT2D eigenvalue weighted by atomic mass is 9.73. The number of aliphatic hydroxyl groups is 2. The summed E-state index contributed by atoms with van der Waals surface area (Å²) in [7, 11) is 0. The van der Waals surface area contributed by atoms with Crippen molar-refractivity contribution in [2.75, 3.05) is 19.7 Å². The van der Waals surface area contributed by atoms with E-state index in [0.29, 0.717) is 24.5 Å². The molecule has 24 heavy (non-hydrogen) atoms. The van der Waals surface area contributed by atoms with Crippen LogP contribution in [0.15, 0.2) is 12.4 Å². The summed E-state index contributed by atoms with van der Waals surface area (Å²) in [6, 6.07) is 1.56. The van der Waals surface area contributed by atoms with Crippen molar-refractivity contribution >= 4 is 5.91 Å². The molecule has 0 bridgehead atoms. The average molecular weight is 335 g/mol. The molecule has 10 heteroatoms. The lowest BCUT2D eigenvalue weighted by Gasteiger charge is -2.44. The van der Waals surface area contributed by atoms with Crippen LogP contribution in [-0.2, 0) is 0 Å². The molecule has 1 aliphatic rings. The minimum atomic E-state index is -0.748. The number of likely N-dealkylation sites (tertiary alicyclic amines) is 1. The molecule has 3 heterocycles. The van der Waals surface area contributed by atoms with Gasteiger partial charge >= 0.3 is 0 Å². The minimum absolute atomic E-state index is 0.0719. The summed E-state index contributed by atoms with van der Waals surface area (Å²) in [4.78, 5) is 14.2. The van der Waals surface area contributed by atoms with Gasteiger partial charge in [-0.25, -0.2) is 0 Å². The predicted molar refractivity (Wildman–Crippen MR) is 82.3 cm³/mol. The van der Waals surface area contributed by atoms with E-state index in [4.69, 9.17) is 0 Å². The molecule has 10 nitrogen and oxygen atoms in total. The van der Waals surface area contributed by atoms with E-state index in [9.17, 15) is 15.0 Å². The smallest absolute Gasteiger partial charge is 0.272 e. The van der Waals surface area contributed by atoms with Gasteiger partial charge in [0.2, 0.25) is 0 Å². The summed E-state index contributed by atoms with van der Waals surface area (Å²) < 4.78 is 1.34. The minimum Gasteiger partial charge on any atom is -0.396 e. The van der Waals surface area contributed by atoms with Crippen LogP contribution in [0.3, 0.4) is 0 Å². The molecule has 0 unspecified atom stereocenters. The number of hydrogen-bond acceptors (Lipinski definition) is 7. The highest BCUT2D eigenvalue weighted by Gasteiger charge is 2.42. The first kappa shape index (κ1) is 16.5. The molecular weight excluding hydrogens is 314 g/mol. The molecule has 1 amide bonds. The number of aliphatic hydroxyl groups excluding tert-OH is 2. The zero-order valence-electron chi connectivity index (χ0n) is 13.5. The van der Waals surface area contributed by atoms with Crippen molar-refractivity contribution in [3.63, 3.8) is 0 Å². The van der Waals surface area contributed by atoms with Crippen LogP contribution in [0, 0.1) is 5.41 Å². The molecule has 1 fully saturated rings.